The van der Waals surface area contributed by atoms with Gasteiger partial charge in [-0.3, -0.25) is 9.59 Å². The number of carbonyl (C=O) groups is 2. The Morgan fingerprint density at radius 2 is 2.03 bits per heavy atom. The van der Waals surface area contributed by atoms with Crippen LogP contribution >= 0.6 is 0 Å². The summed E-state index contributed by atoms with van der Waals surface area (Å²) in [4.78, 5) is 33.6. The first kappa shape index (κ1) is 19.4. The van der Waals surface area contributed by atoms with Crippen LogP contribution in [-0.2, 0) is 4.79 Å². The lowest BCUT2D eigenvalue weighted by Crippen LogP contribution is -2.58. The molecule has 2 amide bonds. The van der Waals surface area contributed by atoms with Gasteiger partial charge in [-0.25, -0.2) is 9.37 Å². The third-order valence-electron chi connectivity index (χ3n) is 5.79. The monoisotopic (exact) mass is 396 g/mol. The van der Waals surface area contributed by atoms with Crippen molar-refractivity contribution in [3.8, 4) is 11.1 Å². The molecule has 1 aliphatic heterocycles. The average molecular weight is 396 g/mol. The molecule has 2 aromatic rings. The fraction of sp³-hybridized carbons (Fsp3) is 0.409. The van der Waals surface area contributed by atoms with E-state index in [0.29, 0.717) is 42.2 Å². The van der Waals surface area contributed by atoms with Crippen molar-refractivity contribution in [3.05, 3.63) is 47.9 Å². The van der Waals surface area contributed by atoms with Crippen LogP contribution in [0, 0.1) is 11.7 Å². The second-order valence-corrected chi connectivity index (χ2v) is 7.78. The summed E-state index contributed by atoms with van der Waals surface area (Å²) in [5.74, 6) is -0.335. The standard InChI is InChI=1S/C22H25FN4O2/c1-2-26-8-9-27(19(22(26)29)10-14-6-7-14)21(28)16-5-3-4-15(11-16)17-12-18(23)20(24)25-13-17/h3-5,11-14,19H,2,6-10H2,1H3,(H2,24,25)/t19-/m1/s1. The third-order valence-corrected chi connectivity index (χ3v) is 5.79. The normalized spacial score (nSPS) is 19.5. The number of benzene rings is 1. The Hall–Kier alpha value is -2.96. The zero-order valence-electron chi connectivity index (χ0n) is 16.5. The number of nitrogens with zero attached hydrogens (tertiary/aromatic N) is 3. The van der Waals surface area contributed by atoms with Crippen molar-refractivity contribution in [2.75, 3.05) is 25.4 Å². The molecule has 1 aromatic heterocycles. The number of likely N-dealkylation sites (N-methyl/N-ethyl adjacent to an activating group) is 1. The number of anilines is 1. The Bertz CT molecular complexity index is 944. The van der Waals surface area contributed by atoms with Gasteiger partial charge in [-0.1, -0.05) is 25.0 Å². The van der Waals surface area contributed by atoms with Crippen LogP contribution in [0.4, 0.5) is 10.2 Å². The van der Waals surface area contributed by atoms with Crippen LogP contribution in [0.5, 0.6) is 0 Å². The van der Waals surface area contributed by atoms with Crippen molar-refractivity contribution in [3.63, 3.8) is 0 Å². The average Bonchev–Trinajstić information content (AvgIpc) is 3.55. The highest BCUT2D eigenvalue weighted by atomic mass is 19.1. The second-order valence-electron chi connectivity index (χ2n) is 7.78. The van der Waals surface area contributed by atoms with Crippen molar-refractivity contribution in [2.45, 2.75) is 32.2 Å². The fourth-order valence-electron chi connectivity index (χ4n) is 3.90. The van der Waals surface area contributed by atoms with Gasteiger partial charge < -0.3 is 15.5 Å². The molecule has 2 aliphatic rings. The molecule has 29 heavy (non-hydrogen) atoms. The van der Waals surface area contributed by atoms with Gasteiger partial charge in [0.25, 0.3) is 5.91 Å². The first-order valence-electron chi connectivity index (χ1n) is 10.1. The summed E-state index contributed by atoms with van der Waals surface area (Å²) >= 11 is 0. The molecule has 7 heteroatoms. The summed E-state index contributed by atoms with van der Waals surface area (Å²) in [6.07, 6.45) is 4.47. The topological polar surface area (TPSA) is 79.5 Å². The fourth-order valence-corrected chi connectivity index (χ4v) is 3.90. The zero-order valence-corrected chi connectivity index (χ0v) is 16.5. The molecule has 6 nitrogen and oxygen atoms in total. The lowest BCUT2D eigenvalue weighted by molar-refractivity contribution is -0.140. The summed E-state index contributed by atoms with van der Waals surface area (Å²) in [5, 5.41) is 0. The van der Waals surface area contributed by atoms with Crippen LogP contribution in [0.15, 0.2) is 36.5 Å². The number of piperazine rings is 1. The third kappa shape index (κ3) is 3.95. The zero-order chi connectivity index (χ0) is 20.5. The smallest absolute Gasteiger partial charge is 0.254 e. The van der Waals surface area contributed by atoms with Gasteiger partial charge in [-0.15, -0.1) is 0 Å². The van der Waals surface area contributed by atoms with E-state index < -0.39 is 11.9 Å². The number of pyridine rings is 1. The van der Waals surface area contributed by atoms with Crippen LogP contribution in [0.25, 0.3) is 11.1 Å². The molecular formula is C22H25FN4O2. The highest BCUT2D eigenvalue weighted by Crippen LogP contribution is 2.36. The number of nitrogen functional groups attached to an aromatic ring is 1. The van der Waals surface area contributed by atoms with Gasteiger partial charge in [-0.05, 0) is 43.0 Å². The van der Waals surface area contributed by atoms with E-state index in [9.17, 15) is 14.0 Å². The van der Waals surface area contributed by atoms with Crippen LogP contribution in [0.1, 0.15) is 36.5 Å². The number of amides is 2. The Labute approximate surface area is 169 Å². The van der Waals surface area contributed by atoms with Crippen LogP contribution in [-0.4, -0.2) is 52.3 Å². The number of aromatic nitrogens is 1. The first-order valence-corrected chi connectivity index (χ1v) is 10.1. The molecule has 0 unspecified atom stereocenters. The van der Waals surface area contributed by atoms with E-state index in [1.165, 1.54) is 12.3 Å². The molecule has 1 aliphatic carbocycles. The maximum Gasteiger partial charge on any atom is 0.254 e. The van der Waals surface area contributed by atoms with E-state index in [4.69, 9.17) is 5.73 Å². The predicted octanol–water partition coefficient (Wildman–Crippen LogP) is 2.94. The molecule has 152 valence electrons. The van der Waals surface area contributed by atoms with Gasteiger partial charge in [0.1, 0.15) is 6.04 Å². The van der Waals surface area contributed by atoms with Crippen molar-refractivity contribution >= 4 is 17.6 Å². The number of carbonyl (C=O) groups excluding carboxylic acids is 2. The summed E-state index contributed by atoms with van der Waals surface area (Å²) in [6.45, 7) is 3.70. The van der Waals surface area contributed by atoms with E-state index in [1.54, 1.807) is 29.2 Å². The second kappa shape index (κ2) is 7.81. The number of hydrogen-bond acceptors (Lipinski definition) is 4. The van der Waals surface area contributed by atoms with Gasteiger partial charge in [0.05, 0.1) is 0 Å². The minimum absolute atomic E-state index is 0.0416. The summed E-state index contributed by atoms with van der Waals surface area (Å²) in [5.41, 5.74) is 7.17. The van der Waals surface area contributed by atoms with E-state index in [1.807, 2.05) is 11.8 Å². The molecule has 2 fully saturated rings. The molecule has 2 N–H and O–H groups in total. The number of nitrogens with two attached hydrogens (primary N) is 1. The Kier molecular flexibility index (Phi) is 5.22. The highest BCUT2D eigenvalue weighted by Gasteiger charge is 2.40. The molecule has 1 saturated carbocycles. The molecular weight excluding hydrogens is 371 g/mol. The van der Waals surface area contributed by atoms with Crippen LogP contribution in [0.2, 0.25) is 0 Å². The van der Waals surface area contributed by atoms with Gasteiger partial charge in [0.2, 0.25) is 5.91 Å². The molecule has 1 saturated heterocycles. The van der Waals surface area contributed by atoms with Gasteiger partial charge in [0, 0.05) is 37.0 Å². The Morgan fingerprint density at radius 3 is 2.72 bits per heavy atom. The largest absolute Gasteiger partial charge is 0.381 e. The van der Waals surface area contributed by atoms with Crippen molar-refractivity contribution in [1.82, 2.24) is 14.8 Å². The molecule has 2 heterocycles. The molecule has 4 rings (SSSR count). The lowest BCUT2D eigenvalue weighted by Gasteiger charge is -2.40. The Morgan fingerprint density at radius 1 is 1.24 bits per heavy atom. The SMILES string of the molecule is CCN1CCN(C(=O)c2cccc(-c3cnc(N)c(F)c3)c2)[C@H](CC2CC2)C1=O. The van der Waals surface area contributed by atoms with Gasteiger partial charge in [-0.2, -0.15) is 0 Å². The molecule has 0 bridgehead atoms. The Balaban J connectivity index is 1.61. The highest BCUT2D eigenvalue weighted by molar-refractivity contribution is 5.99. The quantitative estimate of drug-likeness (QED) is 0.843. The number of rotatable bonds is 5. The minimum atomic E-state index is -0.593. The van der Waals surface area contributed by atoms with E-state index in [0.717, 1.165) is 19.3 Å². The maximum absolute atomic E-state index is 13.8. The van der Waals surface area contributed by atoms with Crippen molar-refractivity contribution in [2.24, 2.45) is 5.92 Å². The minimum Gasteiger partial charge on any atom is -0.381 e. The van der Waals surface area contributed by atoms with E-state index in [2.05, 4.69) is 4.98 Å². The van der Waals surface area contributed by atoms with E-state index in [-0.39, 0.29) is 17.6 Å². The van der Waals surface area contributed by atoms with E-state index >= 15 is 0 Å². The van der Waals surface area contributed by atoms with Crippen LogP contribution in [0.3, 0.4) is 0 Å². The predicted molar refractivity (Wildman–Crippen MR) is 108 cm³/mol. The maximum atomic E-state index is 13.8. The summed E-state index contributed by atoms with van der Waals surface area (Å²) in [6, 6.07) is 7.92. The number of halogens is 1. The first-order chi connectivity index (χ1) is 14.0. The molecule has 1 atom stereocenters. The molecule has 1 aromatic carbocycles. The molecule has 0 spiro atoms. The van der Waals surface area contributed by atoms with Crippen molar-refractivity contribution < 1.29 is 14.0 Å². The summed E-state index contributed by atoms with van der Waals surface area (Å²) in [7, 11) is 0. The van der Waals surface area contributed by atoms with Gasteiger partial charge >= 0.3 is 0 Å². The van der Waals surface area contributed by atoms with Crippen molar-refractivity contribution in [1.29, 1.82) is 0 Å². The number of hydrogen-bond donors (Lipinski definition) is 1. The molecule has 0 radical (unpaired) electrons. The van der Waals surface area contributed by atoms with Crippen LogP contribution < -0.4 is 5.73 Å². The summed E-state index contributed by atoms with van der Waals surface area (Å²) < 4.78 is 13.8. The lowest BCUT2D eigenvalue weighted by atomic mass is 10.0. The van der Waals surface area contributed by atoms with Gasteiger partial charge in [0.15, 0.2) is 11.6 Å².